The lowest BCUT2D eigenvalue weighted by Gasteiger charge is -2.36. The predicted molar refractivity (Wildman–Crippen MR) is 135 cm³/mol. The third-order valence-electron chi connectivity index (χ3n) is 6.75. The van der Waals surface area contributed by atoms with Crippen LogP contribution in [0.5, 0.6) is 5.75 Å². The zero-order valence-corrected chi connectivity index (χ0v) is 21.1. The van der Waals surface area contributed by atoms with Crippen LogP contribution in [0.1, 0.15) is 37.0 Å². The molecule has 2 saturated heterocycles. The second kappa shape index (κ2) is 11.1. The van der Waals surface area contributed by atoms with E-state index in [1.54, 1.807) is 6.92 Å². The van der Waals surface area contributed by atoms with Crippen LogP contribution in [0.2, 0.25) is 0 Å². The van der Waals surface area contributed by atoms with Gasteiger partial charge >= 0.3 is 0 Å². The highest BCUT2D eigenvalue weighted by molar-refractivity contribution is 6.43. The number of allylic oxidation sites excluding steroid dienone is 2. The molecule has 2 fully saturated rings. The summed E-state index contributed by atoms with van der Waals surface area (Å²) in [6, 6.07) is 3.55. The number of carbonyl (C=O) groups excluding carboxylic acids is 1. The van der Waals surface area contributed by atoms with Gasteiger partial charge in [-0.2, -0.15) is 0 Å². The molecule has 4 rings (SSSR count). The van der Waals surface area contributed by atoms with Crippen LogP contribution in [0.4, 0.5) is 4.39 Å². The SMILES string of the molecule is CC1=N/C(=C2\CN(C(=O)c3ccc(F)cc3OC3CCN(C(CO)CO)CC3)CC2=N)NC(C)=C1Cl. The van der Waals surface area contributed by atoms with E-state index in [9.17, 15) is 19.4 Å². The van der Waals surface area contributed by atoms with Crippen LogP contribution in [0.25, 0.3) is 0 Å². The van der Waals surface area contributed by atoms with Crippen LogP contribution in [0.3, 0.4) is 0 Å². The molecule has 0 saturated carbocycles. The molecule has 9 nitrogen and oxygen atoms in total. The third-order valence-corrected chi connectivity index (χ3v) is 7.31. The van der Waals surface area contributed by atoms with Crippen LogP contribution in [0, 0.1) is 11.2 Å². The number of aliphatic hydroxyl groups excluding tert-OH is 2. The van der Waals surface area contributed by atoms with Crippen molar-refractivity contribution in [1.82, 2.24) is 15.1 Å². The van der Waals surface area contributed by atoms with Crippen molar-refractivity contribution in [2.75, 3.05) is 39.4 Å². The highest BCUT2D eigenvalue weighted by Crippen LogP contribution is 2.29. The number of aliphatic hydroxyl groups is 2. The number of nitrogens with one attached hydrogen (secondary N) is 2. The van der Waals surface area contributed by atoms with Crippen LogP contribution in [0.15, 0.2) is 45.3 Å². The molecule has 1 aromatic carbocycles. The number of carbonyl (C=O) groups is 1. The summed E-state index contributed by atoms with van der Waals surface area (Å²) in [4.78, 5) is 21.4. The van der Waals surface area contributed by atoms with Gasteiger partial charge in [-0.3, -0.25) is 9.69 Å². The standard InChI is InChI=1S/C25H31ClFN5O4/c1-14-23(26)15(2)30-24(29-14)20-10-32(11-21(20)28)25(35)19-4-3-16(27)9-22(19)36-18-5-7-31(8-6-18)17(12-33)13-34/h3-4,9,17-18,28-29,33-34H,5-8,10-13H2,1-2H3/b24-20+,28-21?. The molecule has 4 N–H and O–H groups in total. The van der Waals surface area contributed by atoms with Gasteiger partial charge in [0, 0.05) is 30.4 Å². The maximum absolute atomic E-state index is 14.1. The van der Waals surface area contributed by atoms with E-state index in [0.29, 0.717) is 48.1 Å². The Labute approximate surface area is 214 Å². The van der Waals surface area contributed by atoms with Crippen molar-refractivity contribution >= 4 is 28.9 Å². The Bertz CT molecular complexity index is 1140. The Hall–Kier alpha value is -2.79. The number of piperidine rings is 1. The molecule has 1 amide bonds. The number of rotatable bonds is 6. The lowest BCUT2D eigenvalue weighted by Crippen LogP contribution is -2.47. The van der Waals surface area contributed by atoms with Crippen LogP contribution in [-0.4, -0.2) is 88.9 Å². The molecule has 194 valence electrons. The minimum absolute atomic E-state index is 0.101. The highest BCUT2D eigenvalue weighted by atomic mass is 35.5. The molecule has 3 aliphatic rings. The number of aliphatic imine (C=N–C) groups is 1. The first kappa shape index (κ1) is 26.3. The smallest absolute Gasteiger partial charge is 0.258 e. The number of hydrogen-bond donors (Lipinski definition) is 4. The fraction of sp³-hybridized carbons (Fsp3) is 0.480. The van der Waals surface area contributed by atoms with E-state index in [-0.39, 0.29) is 61.4 Å². The largest absolute Gasteiger partial charge is 0.489 e. The number of benzene rings is 1. The van der Waals surface area contributed by atoms with Gasteiger partial charge in [0.15, 0.2) is 0 Å². The van der Waals surface area contributed by atoms with Gasteiger partial charge in [0.2, 0.25) is 0 Å². The summed E-state index contributed by atoms with van der Waals surface area (Å²) in [6.07, 6.45) is 0.999. The highest BCUT2D eigenvalue weighted by Gasteiger charge is 2.33. The number of ether oxygens (including phenoxy) is 1. The fourth-order valence-corrected chi connectivity index (χ4v) is 4.74. The lowest BCUT2D eigenvalue weighted by molar-refractivity contribution is 0.0282. The molecule has 0 aliphatic carbocycles. The zero-order chi connectivity index (χ0) is 26.0. The minimum atomic E-state index is -0.507. The third kappa shape index (κ3) is 5.46. The van der Waals surface area contributed by atoms with Crippen molar-refractivity contribution in [2.45, 2.75) is 38.8 Å². The molecular weight excluding hydrogens is 489 g/mol. The molecule has 0 radical (unpaired) electrons. The summed E-state index contributed by atoms with van der Waals surface area (Å²) >= 11 is 6.21. The average molecular weight is 520 g/mol. The summed E-state index contributed by atoms with van der Waals surface area (Å²) < 4.78 is 20.2. The first-order valence-corrected chi connectivity index (χ1v) is 12.3. The Morgan fingerprint density at radius 1 is 1.28 bits per heavy atom. The summed E-state index contributed by atoms with van der Waals surface area (Å²) in [7, 11) is 0. The van der Waals surface area contributed by atoms with Gasteiger partial charge in [-0.05, 0) is 38.8 Å². The Morgan fingerprint density at radius 2 is 1.97 bits per heavy atom. The van der Waals surface area contributed by atoms with E-state index in [2.05, 4.69) is 10.3 Å². The van der Waals surface area contributed by atoms with Gasteiger partial charge in [-0.15, -0.1) is 0 Å². The maximum atomic E-state index is 14.1. The zero-order valence-electron chi connectivity index (χ0n) is 20.4. The van der Waals surface area contributed by atoms with Crippen molar-refractivity contribution in [3.63, 3.8) is 0 Å². The van der Waals surface area contributed by atoms with Crippen molar-refractivity contribution < 1.29 is 24.1 Å². The molecule has 11 heteroatoms. The van der Waals surface area contributed by atoms with Crippen LogP contribution >= 0.6 is 11.6 Å². The van der Waals surface area contributed by atoms with Crippen molar-refractivity contribution in [2.24, 2.45) is 4.99 Å². The molecule has 0 aromatic heterocycles. The summed E-state index contributed by atoms with van der Waals surface area (Å²) in [5.41, 5.74) is 2.47. The summed E-state index contributed by atoms with van der Waals surface area (Å²) in [6.45, 7) is 4.86. The van der Waals surface area contributed by atoms with E-state index >= 15 is 0 Å². The van der Waals surface area contributed by atoms with E-state index in [1.165, 1.54) is 23.1 Å². The first-order valence-electron chi connectivity index (χ1n) is 11.9. The molecular formula is C25H31ClFN5O4. The Balaban J connectivity index is 1.49. The Morgan fingerprint density at radius 3 is 2.61 bits per heavy atom. The van der Waals surface area contributed by atoms with Gasteiger partial charge < -0.3 is 30.6 Å². The minimum Gasteiger partial charge on any atom is -0.489 e. The van der Waals surface area contributed by atoms with Crippen LogP contribution in [-0.2, 0) is 0 Å². The number of likely N-dealkylation sites (tertiary alicyclic amines) is 2. The van der Waals surface area contributed by atoms with E-state index in [1.807, 2.05) is 11.8 Å². The molecule has 36 heavy (non-hydrogen) atoms. The summed E-state index contributed by atoms with van der Waals surface area (Å²) in [5.74, 6) is -0.194. The normalized spacial score (nSPS) is 21.8. The Kier molecular flexibility index (Phi) is 8.09. The van der Waals surface area contributed by atoms with E-state index in [4.69, 9.17) is 21.7 Å². The molecule has 0 atom stereocenters. The van der Waals surface area contributed by atoms with Crippen molar-refractivity contribution in [3.8, 4) is 5.75 Å². The molecule has 3 aliphatic heterocycles. The van der Waals surface area contributed by atoms with E-state index < -0.39 is 5.82 Å². The van der Waals surface area contributed by atoms with Crippen LogP contribution < -0.4 is 10.1 Å². The average Bonchev–Trinajstić information content (AvgIpc) is 3.25. The van der Waals surface area contributed by atoms with Gasteiger partial charge in [-0.1, -0.05) is 11.6 Å². The molecule has 0 spiro atoms. The molecule has 0 bridgehead atoms. The van der Waals surface area contributed by atoms with Crippen molar-refractivity contribution in [1.29, 1.82) is 5.41 Å². The van der Waals surface area contributed by atoms with E-state index in [0.717, 1.165) is 5.70 Å². The topological polar surface area (TPSA) is 121 Å². The number of hydrogen-bond acceptors (Lipinski definition) is 8. The fourth-order valence-electron chi connectivity index (χ4n) is 4.65. The monoisotopic (exact) mass is 519 g/mol. The maximum Gasteiger partial charge on any atom is 0.258 e. The van der Waals surface area contributed by atoms with Crippen molar-refractivity contribution in [3.05, 3.63) is 51.7 Å². The molecule has 3 heterocycles. The summed E-state index contributed by atoms with van der Waals surface area (Å²) in [5, 5.41) is 30.9. The number of halogens is 2. The number of nitrogens with zero attached hydrogens (tertiary/aromatic N) is 3. The van der Waals surface area contributed by atoms with Gasteiger partial charge in [-0.25, -0.2) is 9.38 Å². The van der Waals surface area contributed by atoms with Gasteiger partial charge in [0.25, 0.3) is 5.91 Å². The van der Waals surface area contributed by atoms with Gasteiger partial charge in [0.1, 0.15) is 23.5 Å². The number of amides is 1. The second-order valence-electron chi connectivity index (χ2n) is 9.24. The van der Waals surface area contributed by atoms with Gasteiger partial charge in [0.05, 0.1) is 54.4 Å². The first-order chi connectivity index (χ1) is 17.2. The second-order valence-corrected chi connectivity index (χ2v) is 9.62. The molecule has 1 aromatic rings. The quantitative estimate of drug-likeness (QED) is 0.457. The predicted octanol–water partition coefficient (Wildman–Crippen LogP) is 2.24. The molecule has 0 unspecified atom stereocenters. The lowest BCUT2D eigenvalue weighted by atomic mass is 10.1.